The van der Waals surface area contributed by atoms with Crippen molar-refractivity contribution < 1.29 is 4.74 Å². The lowest BCUT2D eigenvalue weighted by Crippen LogP contribution is -2.02. The van der Waals surface area contributed by atoms with Crippen LogP contribution in [0.2, 0.25) is 15.1 Å². The van der Waals surface area contributed by atoms with E-state index in [1.165, 1.54) is 0 Å². The lowest BCUT2D eigenvalue weighted by molar-refractivity contribution is 0.354. The molecule has 0 fully saturated rings. The summed E-state index contributed by atoms with van der Waals surface area (Å²) in [4.78, 5) is 0. The van der Waals surface area contributed by atoms with Crippen LogP contribution in [0.5, 0.6) is 5.75 Å². The number of rotatable bonds is 3. The van der Waals surface area contributed by atoms with Crippen molar-refractivity contribution in [1.82, 2.24) is 0 Å². The highest BCUT2D eigenvalue weighted by molar-refractivity contribution is 6.35. The van der Waals surface area contributed by atoms with Gasteiger partial charge in [0.05, 0.1) is 17.3 Å². The molecule has 0 bridgehead atoms. The maximum atomic E-state index is 6.14. The standard InChI is InChI=1S/C15H12Cl3NO/c16-11-1-2-13(18)14(7-11)19-8-10-6-12(17)5-9-3-4-20-15(9)10/h1-2,5-7,19H,3-4,8H2. The van der Waals surface area contributed by atoms with Crippen molar-refractivity contribution in [3.63, 3.8) is 0 Å². The van der Waals surface area contributed by atoms with Crippen molar-refractivity contribution in [2.75, 3.05) is 11.9 Å². The lowest BCUT2D eigenvalue weighted by Gasteiger charge is -2.12. The first-order valence-corrected chi connectivity index (χ1v) is 7.40. The Labute approximate surface area is 132 Å². The van der Waals surface area contributed by atoms with E-state index >= 15 is 0 Å². The van der Waals surface area contributed by atoms with Gasteiger partial charge in [-0.05, 0) is 35.9 Å². The average molecular weight is 329 g/mol. The summed E-state index contributed by atoms with van der Waals surface area (Å²) in [7, 11) is 0. The predicted molar refractivity (Wildman–Crippen MR) is 84.4 cm³/mol. The van der Waals surface area contributed by atoms with Crippen LogP contribution in [0.4, 0.5) is 5.69 Å². The second-order valence-corrected chi connectivity index (χ2v) is 5.91. The maximum absolute atomic E-state index is 6.14. The van der Waals surface area contributed by atoms with Crippen molar-refractivity contribution in [2.45, 2.75) is 13.0 Å². The van der Waals surface area contributed by atoms with E-state index in [2.05, 4.69) is 5.32 Å². The van der Waals surface area contributed by atoms with Crippen LogP contribution in [0.25, 0.3) is 0 Å². The highest BCUT2D eigenvalue weighted by Gasteiger charge is 2.17. The summed E-state index contributed by atoms with van der Waals surface area (Å²) in [6.45, 7) is 1.30. The highest BCUT2D eigenvalue weighted by atomic mass is 35.5. The summed E-state index contributed by atoms with van der Waals surface area (Å²) in [6.07, 6.45) is 0.904. The Bertz CT molecular complexity index is 658. The number of hydrogen-bond donors (Lipinski definition) is 1. The van der Waals surface area contributed by atoms with E-state index in [0.29, 0.717) is 23.2 Å². The molecule has 0 atom stereocenters. The number of ether oxygens (including phenoxy) is 1. The summed E-state index contributed by atoms with van der Waals surface area (Å²) in [5.41, 5.74) is 2.98. The van der Waals surface area contributed by atoms with Crippen LogP contribution < -0.4 is 10.1 Å². The van der Waals surface area contributed by atoms with Gasteiger partial charge in [0.25, 0.3) is 0 Å². The predicted octanol–water partition coefficient (Wildman–Crippen LogP) is 5.19. The summed E-state index contributed by atoms with van der Waals surface area (Å²) in [5.74, 6) is 0.931. The Morgan fingerprint density at radius 1 is 1.05 bits per heavy atom. The molecule has 0 aromatic heterocycles. The Kier molecular flexibility index (Phi) is 3.97. The topological polar surface area (TPSA) is 21.3 Å². The van der Waals surface area contributed by atoms with Crippen LogP contribution in [-0.2, 0) is 13.0 Å². The molecule has 1 aliphatic rings. The second-order valence-electron chi connectivity index (χ2n) is 4.63. The Hall–Kier alpha value is -1.09. The molecule has 5 heteroatoms. The van der Waals surface area contributed by atoms with Crippen LogP contribution >= 0.6 is 34.8 Å². The molecule has 0 radical (unpaired) electrons. The molecule has 0 amide bonds. The van der Waals surface area contributed by atoms with Gasteiger partial charge in [0.15, 0.2) is 0 Å². The zero-order chi connectivity index (χ0) is 14.1. The van der Waals surface area contributed by atoms with Gasteiger partial charge in [-0.3, -0.25) is 0 Å². The van der Waals surface area contributed by atoms with Crippen molar-refractivity contribution >= 4 is 40.5 Å². The van der Waals surface area contributed by atoms with Gasteiger partial charge in [-0.15, -0.1) is 0 Å². The normalized spacial score (nSPS) is 12.9. The second kappa shape index (κ2) is 5.72. The van der Waals surface area contributed by atoms with Crippen molar-refractivity contribution in [1.29, 1.82) is 0 Å². The van der Waals surface area contributed by atoms with Gasteiger partial charge in [-0.1, -0.05) is 34.8 Å². The zero-order valence-electron chi connectivity index (χ0n) is 10.6. The number of hydrogen-bond acceptors (Lipinski definition) is 2. The number of halogens is 3. The van der Waals surface area contributed by atoms with Gasteiger partial charge in [0, 0.05) is 28.6 Å². The Balaban J connectivity index is 1.84. The third-order valence-electron chi connectivity index (χ3n) is 3.22. The first kappa shape index (κ1) is 13.9. The number of nitrogens with one attached hydrogen (secondary N) is 1. The largest absolute Gasteiger partial charge is 0.493 e. The fourth-order valence-electron chi connectivity index (χ4n) is 2.30. The third kappa shape index (κ3) is 2.83. The lowest BCUT2D eigenvalue weighted by atomic mass is 10.1. The van der Waals surface area contributed by atoms with Crippen LogP contribution in [-0.4, -0.2) is 6.61 Å². The fraction of sp³-hybridized carbons (Fsp3) is 0.200. The van der Waals surface area contributed by atoms with Crippen LogP contribution in [0.15, 0.2) is 30.3 Å². The molecule has 0 unspecified atom stereocenters. The Morgan fingerprint density at radius 2 is 1.90 bits per heavy atom. The maximum Gasteiger partial charge on any atom is 0.127 e. The van der Waals surface area contributed by atoms with E-state index in [9.17, 15) is 0 Å². The molecule has 1 N–H and O–H groups in total. The molecule has 2 aromatic rings. The molecular formula is C15H12Cl3NO. The molecule has 0 spiro atoms. The van der Waals surface area contributed by atoms with Crippen LogP contribution in [0.3, 0.4) is 0 Å². The van der Waals surface area contributed by atoms with Crippen molar-refractivity contribution in [3.05, 3.63) is 56.5 Å². The fourth-order valence-corrected chi connectivity index (χ4v) is 2.92. The van der Waals surface area contributed by atoms with Gasteiger partial charge in [0.1, 0.15) is 5.75 Å². The Morgan fingerprint density at radius 3 is 2.75 bits per heavy atom. The van der Waals surface area contributed by atoms with Crippen LogP contribution in [0, 0.1) is 0 Å². The molecule has 104 valence electrons. The van der Waals surface area contributed by atoms with E-state index in [1.807, 2.05) is 12.1 Å². The summed E-state index contributed by atoms with van der Waals surface area (Å²) < 4.78 is 5.67. The van der Waals surface area contributed by atoms with E-state index in [4.69, 9.17) is 39.5 Å². The minimum absolute atomic E-state index is 0.586. The van der Waals surface area contributed by atoms with Gasteiger partial charge in [-0.25, -0.2) is 0 Å². The zero-order valence-corrected chi connectivity index (χ0v) is 12.8. The monoisotopic (exact) mass is 327 g/mol. The van der Waals surface area contributed by atoms with Crippen LogP contribution in [0.1, 0.15) is 11.1 Å². The summed E-state index contributed by atoms with van der Waals surface area (Å²) >= 11 is 18.2. The average Bonchev–Trinajstić information content (AvgIpc) is 2.87. The van der Waals surface area contributed by atoms with Gasteiger partial charge < -0.3 is 10.1 Å². The minimum Gasteiger partial charge on any atom is -0.493 e. The molecule has 3 rings (SSSR count). The molecular weight excluding hydrogens is 317 g/mol. The molecule has 1 heterocycles. The number of benzene rings is 2. The molecule has 20 heavy (non-hydrogen) atoms. The molecule has 0 aliphatic carbocycles. The molecule has 2 aromatic carbocycles. The SMILES string of the molecule is Clc1cc2c(c(CNc3cc(Cl)ccc3Cl)c1)OCC2. The molecule has 2 nitrogen and oxygen atoms in total. The minimum atomic E-state index is 0.586. The quantitative estimate of drug-likeness (QED) is 0.836. The number of fused-ring (bicyclic) bond motifs is 1. The highest BCUT2D eigenvalue weighted by Crippen LogP contribution is 2.34. The van der Waals surface area contributed by atoms with E-state index in [-0.39, 0.29) is 0 Å². The summed E-state index contributed by atoms with van der Waals surface area (Å²) in [5, 5.41) is 5.27. The van der Waals surface area contributed by atoms with Crippen molar-refractivity contribution in [3.8, 4) is 5.75 Å². The first-order chi connectivity index (χ1) is 9.63. The van der Waals surface area contributed by atoms with E-state index in [1.54, 1.807) is 18.2 Å². The van der Waals surface area contributed by atoms with Gasteiger partial charge >= 0.3 is 0 Å². The van der Waals surface area contributed by atoms with E-state index in [0.717, 1.165) is 34.0 Å². The summed E-state index contributed by atoms with van der Waals surface area (Å²) in [6, 6.07) is 9.20. The van der Waals surface area contributed by atoms with Crippen molar-refractivity contribution in [2.24, 2.45) is 0 Å². The van der Waals surface area contributed by atoms with Gasteiger partial charge in [0.2, 0.25) is 0 Å². The van der Waals surface area contributed by atoms with E-state index < -0.39 is 0 Å². The molecule has 1 aliphatic heterocycles. The molecule has 0 saturated heterocycles. The van der Waals surface area contributed by atoms with Gasteiger partial charge in [-0.2, -0.15) is 0 Å². The first-order valence-electron chi connectivity index (χ1n) is 6.26. The number of anilines is 1. The smallest absolute Gasteiger partial charge is 0.127 e. The third-order valence-corrected chi connectivity index (χ3v) is 4.01. The molecule has 0 saturated carbocycles.